The number of aromatic nitrogens is 2. The van der Waals surface area contributed by atoms with Crippen LogP contribution in [0.4, 0.5) is 17.2 Å². The van der Waals surface area contributed by atoms with E-state index in [1.807, 2.05) is 30.6 Å². The molecule has 3 nitrogen and oxygen atoms in total. The standard InChI is InChI=1S/C45H41N3/c1-29-23-31(3)43(32(4)24-29)45(44-33(5)25-30(2)26-34(44)6)39-21-22-41(38-20-14-13-19-37(38)39)48(36-17-11-8-12-18-36)42-28-46-40(27-47-42)35-15-9-7-10-16-35/h7-28,45H,1-6H3. The Balaban J connectivity index is 1.47. The van der Waals surface area contributed by atoms with Crippen molar-refractivity contribution in [2.75, 3.05) is 4.90 Å². The zero-order valence-electron chi connectivity index (χ0n) is 28.6. The van der Waals surface area contributed by atoms with E-state index in [4.69, 9.17) is 9.97 Å². The highest BCUT2D eigenvalue weighted by Crippen LogP contribution is 2.46. The van der Waals surface area contributed by atoms with E-state index in [1.165, 1.54) is 60.8 Å². The van der Waals surface area contributed by atoms with Gasteiger partial charge in [-0.15, -0.1) is 0 Å². The normalized spacial score (nSPS) is 11.3. The van der Waals surface area contributed by atoms with Gasteiger partial charge in [-0.05, 0) is 104 Å². The van der Waals surface area contributed by atoms with E-state index in [0.717, 1.165) is 28.5 Å². The average Bonchev–Trinajstić information content (AvgIpc) is 3.08. The topological polar surface area (TPSA) is 29.0 Å². The van der Waals surface area contributed by atoms with Crippen LogP contribution in [0.3, 0.4) is 0 Å². The molecule has 0 radical (unpaired) electrons. The summed E-state index contributed by atoms with van der Waals surface area (Å²) in [6.07, 6.45) is 3.76. The van der Waals surface area contributed by atoms with Gasteiger partial charge in [-0.3, -0.25) is 9.88 Å². The van der Waals surface area contributed by atoms with Gasteiger partial charge in [0.05, 0.1) is 23.8 Å². The van der Waals surface area contributed by atoms with E-state index in [2.05, 4.69) is 150 Å². The molecule has 236 valence electrons. The van der Waals surface area contributed by atoms with Crippen LogP contribution >= 0.6 is 0 Å². The molecule has 3 heteroatoms. The molecular weight excluding hydrogens is 583 g/mol. The Hall–Kier alpha value is -5.54. The molecule has 0 bridgehead atoms. The van der Waals surface area contributed by atoms with E-state index in [1.54, 1.807) is 0 Å². The lowest BCUT2D eigenvalue weighted by atomic mass is 9.75. The smallest absolute Gasteiger partial charge is 0.156 e. The molecule has 7 aromatic rings. The van der Waals surface area contributed by atoms with Crippen LogP contribution in [0.2, 0.25) is 0 Å². The summed E-state index contributed by atoms with van der Waals surface area (Å²) in [6, 6.07) is 43.5. The van der Waals surface area contributed by atoms with Crippen molar-refractivity contribution in [1.29, 1.82) is 0 Å². The first-order valence-electron chi connectivity index (χ1n) is 16.7. The summed E-state index contributed by atoms with van der Waals surface area (Å²) in [5.41, 5.74) is 16.0. The van der Waals surface area contributed by atoms with Crippen LogP contribution in [0.1, 0.15) is 56.0 Å². The van der Waals surface area contributed by atoms with Crippen molar-refractivity contribution in [3.05, 3.63) is 184 Å². The lowest BCUT2D eigenvalue weighted by Crippen LogP contribution is -2.15. The van der Waals surface area contributed by atoms with Crippen LogP contribution in [0.25, 0.3) is 22.0 Å². The summed E-state index contributed by atoms with van der Waals surface area (Å²) in [4.78, 5) is 12.1. The quantitative estimate of drug-likeness (QED) is 0.165. The van der Waals surface area contributed by atoms with E-state index < -0.39 is 0 Å². The first kappa shape index (κ1) is 31.1. The SMILES string of the molecule is Cc1cc(C)c(C(c2c(C)cc(C)cc2C)c2ccc(N(c3ccccc3)c3cnc(-c4ccccc4)cn3)c3ccccc23)c(C)c1. The van der Waals surface area contributed by atoms with Crippen LogP contribution in [-0.4, -0.2) is 9.97 Å². The molecule has 0 spiro atoms. The van der Waals surface area contributed by atoms with Crippen molar-refractivity contribution < 1.29 is 0 Å². The number of para-hydroxylation sites is 1. The lowest BCUT2D eigenvalue weighted by molar-refractivity contribution is 0.928. The van der Waals surface area contributed by atoms with E-state index in [-0.39, 0.29) is 5.92 Å². The number of nitrogens with zero attached hydrogens (tertiary/aromatic N) is 3. The van der Waals surface area contributed by atoms with Gasteiger partial charge in [-0.1, -0.05) is 114 Å². The second kappa shape index (κ2) is 12.9. The Labute approximate surface area is 284 Å². The minimum Gasteiger partial charge on any atom is -0.293 e. The number of hydrogen-bond donors (Lipinski definition) is 0. The molecule has 0 saturated carbocycles. The molecule has 0 aliphatic rings. The Morgan fingerprint density at radius 3 is 1.56 bits per heavy atom. The van der Waals surface area contributed by atoms with Gasteiger partial charge < -0.3 is 0 Å². The van der Waals surface area contributed by atoms with Gasteiger partial charge in [-0.25, -0.2) is 4.98 Å². The van der Waals surface area contributed by atoms with Gasteiger partial charge in [0.2, 0.25) is 0 Å². The number of aryl methyl sites for hydroxylation is 6. The van der Waals surface area contributed by atoms with Crippen molar-refractivity contribution >= 4 is 28.0 Å². The van der Waals surface area contributed by atoms with Crippen LogP contribution < -0.4 is 4.90 Å². The molecule has 48 heavy (non-hydrogen) atoms. The second-order valence-corrected chi connectivity index (χ2v) is 13.1. The third kappa shape index (κ3) is 5.77. The predicted molar refractivity (Wildman–Crippen MR) is 202 cm³/mol. The number of hydrogen-bond acceptors (Lipinski definition) is 3. The number of rotatable bonds is 7. The summed E-state index contributed by atoms with van der Waals surface area (Å²) < 4.78 is 0. The maximum atomic E-state index is 4.99. The monoisotopic (exact) mass is 623 g/mol. The molecule has 1 heterocycles. The Morgan fingerprint density at radius 1 is 0.500 bits per heavy atom. The molecule has 0 atom stereocenters. The maximum absolute atomic E-state index is 4.99. The van der Waals surface area contributed by atoms with Crippen molar-refractivity contribution in [2.45, 2.75) is 47.5 Å². The Kier molecular flexibility index (Phi) is 8.37. The fourth-order valence-corrected chi connectivity index (χ4v) is 7.67. The van der Waals surface area contributed by atoms with E-state index in [0.29, 0.717) is 0 Å². The Morgan fingerprint density at radius 2 is 1.02 bits per heavy atom. The molecule has 0 unspecified atom stereocenters. The first-order valence-corrected chi connectivity index (χ1v) is 16.7. The van der Waals surface area contributed by atoms with Gasteiger partial charge in [0.1, 0.15) is 0 Å². The summed E-state index contributed by atoms with van der Waals surface area (Å²) in [5, 5.41) is 2.40. The number of fused-ring (bicyclic) bond motifs is 1. The highest BCUT2D eigenvalue weighted by molar-refractivity contribution is 6.01. The molecule has 0 amide bonds. The van der Waals surface area contributed by atoms with Crippen LogP contribution in [-0.2, 0) is 0 Å². The molecular formula is C45H41N3. The first-order chi connectivity index (χ1) is 23.3. The minimum absolute atomic E-state index is 0.0697. The van der Waals surface area contributed by atoms with Crippen LogP contribution in [0.15, 0.2) is 134 Å². The third-order valence-corrected chi connectivity index (χ3v) is 9.49. The van der Waals surface area contributed by atoms with Gasteiger partial charge >= 0.3 is 0 Å². The molecule has 0 fully saturated rings. The summed E-state index contributed by atoms with van der Waals surface area (Å²) in [5.74, 6) is 0.839. The molecule has 6 aromatic carbocycles. The van der Waals surface area contributed by atoms with E-state index in [9.17, 15) is 0 Å². The van der Waals surface area contributed by atoms with E-state index >= 15 is 0 Å². The van der Waals surface area contributed by atoms with Gasteiger partial charge in [0.25, 0.3) is 0 Å². The van der Waals surface area contributed by atoms with Crippen molar-refractivity contribution in [3.8, 4) is 11.3 Å². The van der Waals surface area contributed by atoms with Crippen LogP contribution in [0.5, 0.6) is 0 Å². The molecule has 0 aliphatic carbocycles. The predicted octanol–water partition coefficient (Wildman–Crippen LogP) is 11.8. The minimum atomic E-state index is 0.0697. The summed E-state index contributed by atoms with van der Waals surface area (Å²) in [7, 11) is 0. The van der Waals surface area contributed by atoms with Gasteiger partial charge in [0, 0.05) is 22.6 Å². The van der Waals surface area contributed by atoms with Crippen LogP contribution in [0, 0.1) is 41.5 Å². The zero-order valence-corrected chi connectivity index (χ0v) is 28.6. The lowest BCUT2D eigenvalue weighted by Gasteiger charge is -2.30. The van der Waals surface area contributed by atoms with Gasteiger partial charge in [-0.2, -0.15) is 0 Å². The molecule has 0 aliphatic heterocycles. The largest absolute Gasteiger partial charge is 0.293 e. The molecule has 0 saturated heterocycles. The molecule has 7 rings (SSSR count). The highest BCUT2D eigenvalue weighted by atomic mass is 15.2. The Bertz CT molecular complexity index is 2130. The molecule has 0 N–H and O–H groups in total. The second-order valence-electron chi connectivity index (χ2n) is 13.1. The number of benzene rings is 6. The highest BCUT2D eigenvalue weighted by Gasteiger charge is 2.27. The zero-order chi connectivity index (χ0) is 33.4. The van der Waals surface area contributed by atoms with Gasteiger partial charge in [0.15, 0.2) is 5.82 Å². The average molecular weight is 624 g/mol. The maximum Gasteiger partial charge on any atom is 0.156 e. The van der Waals surface area contributed by atoms with Crippen molar-refractivity contribution in [3.63, 3.8) is 0 Å². The fourth-order valence-electron chi connectivity index (χ4n) is 7.67. The summed E-state index contributed by atoms with van der Waals surface area (Å²) in [6.45, 7) is 13.5. The fraction of sp³-hybridized carbons (Fsp3) is 0.156. The number of anilines is 3. The molecule has 1 aromatic heterocycles. The van der Waals surface area contributed by atoms with Crippen molar-refractivity contribution in [1.82, 2.24) is 9.97 Å². The van der Waals surface area contributed by atoms with Crippen molar-refractivity contribution in [2.24, 2.45) is 0 Å². The summed E-state index contributed by atoms with van der Waals surface area (Å²) >= 11 is 0. The third-order valence-electron chi connectivity index (χ3n) is 9.49.